The molecule has 0 aromatic rings. The maximum absolute atomic E-state index is 10.9. The van der Waals surface area contributed by atoms with Gasteiger partial charge in [0.2, 0.25) is 0 Å². The van der Waals surface area contributed by atoms with Crippen molar-refractivity contribution in [2.24, 2.45) is 0 Å². The van der Waals surface area contributed by atoms with Crippen LogP contribution in [0.4, 0.5) is 0 Å². The van der Waals surface area contributed by atoms with E-state index < -0.39 is 0 Å². The molecule has 2 fully saturated rings. The fourth-order valence-corrected chi connectivity index (χ4v) is 1.45. The molecule has 112 valence electrons. The Morgan fingerprint density at radius 3 is 1.29 bits per heavy atom. The molecule has 0 heterocycles. The molecule has 0 amide bonds. The number of hydrogen-bond acceptors (Lipinski definition) is 4. The molecule has 0 aromatic heterocycles. The Bertz CT molecular complexity index is 265. The Morgan fingerprint density at radius 1 is 0.762 bits per heavy atom. The quantitative estimate of drug-likeness (QED) is 0.556. The molecule has 10 radical (unpaired) electrons. The van der Waals surface area contributed by atoms with Crippen LogP contribution in [0.1, 0.15) is 13.8 Å². The zero-order chi connectivity index (χ0) is 14.8. The summed E-state index contributed by atoms with van der Waals surface area (Å²) in [5.74, 6) is 0.767. The zero-order valence-corrected chi connectivity index (χ0v) is 13.8. The van der Waals surface area contributed by atoms with E-state index in [1.807, 2.05) is 25.7 Å². The van der Waals surface area contributed by atoms with Gasteiger partial charge in [-0.25, -0.2) is 0 Å². The molecule has 4 nitrogen and oxygen atoms in total. The minimum Gasteiger partial charge on any atom is -0.466 e. The van der Waals surface area contributed by atoms with Crippen LogP contribution in [0, 0.1) is 63.2 Å². The van der Waals surface area contributed by atoms with Gasteiger partial charge in [-0.1, -0.05) is 0 Å². The van der Waals surface area contributed by atoms with E-state index in [4.69, 9.17) is 9.47 Å². The maximum Gasteiger partial charge on any atom is 2.00 e. The van der Waals surface area contributed by atoms with Crippen molar-refractivity contribution in [1.29, 1.82) is 0 Å². The van der Waals surface area contributed by atoms with Gasteiger partial charge in [-0.3, -0.25) is 9.59 Å². The van der Waals surface area contributed by atoms with Gasteiger partial charge >= 0.3 is 31.4 Å². The summed E-state index contributed by atoms with van der Waals surface area (Å²) >= 11 is 0. The molecule has 21 heavy (non-hydrogen) atoms. The van der Waals surface area contributed by atoms with Crippen molar-refractivity contribution in [2.75, 3.05) is 13.2 Å². The van der Waals surface area contributed by atoms with Gasteiger partial charge in [-0.2, -0.15) is 0 Å². The molecule has 0 aromatic carbocycles. The van der Waals surface area contributed by atoms with Crippen LogP contribution in [-0.2, 0) is 38.5 Å². The van der Waals surface area contributed by atoms with E-state index >= 15 is 0 Å². The molecule has 0 aliphatic heterocycles. The first kappa shape index (κ1) is 20.6. The second kappa shape index (κ2) is 12.1. The Hall–Kier alpha value is -0.437. The minimum atomic E-state index is -0.243. The zero-order valence-electron chi connectivity index (χ0n) is 12.0. The fraction of sp³-hybridized carbons (Fsp3) is 0.250. The first-order valence-corrected chi connectivity index (χ1v) is 6.46. The summed E-state index contributed by atoms with van der Waals surface area (Å²) in [6.45, 7) is 4.45. The van der Waals surface area contributed by atoms with Crippen LogP contribution >= 0.6 is 0 Å². The number of hydrogen-bond donors (Lipinski definition) is 0. The van der Waals surface area contributed by atoms with Crippen molar-refractivity contribution in [3.8, 4) is 0 Å². The number of ether oxygens (including phenoxy) is 2. The predicted octanol–water partition coefficient (Wildman–Crippen LogP) is 1.91. The van der Waals surface area contributed by atoms with E-state index in [2.05, 4.69) is 0 Å². The molecule has 0 N–H and O–H groups in total. The Labute approximate surface area is 141 Å². The van der Waals surface area contributed by atoms with Crippen molar-refractivity contribution >= 4 is 11.9 Å². The molecular formula is C16H18O4Ru+2. The summed E-state index contributed by atoms with van der Waals surface area (Å²) in [4.78, 5) is 21.8. The molecule has 2 saturated carbocycles. The van der Waals surface area contributed by atoms with E-state index in [1.165, 1.54) is 0 Å². The summed E-state index contributed by atoms with van der Waals surface area (Å²) in [7, 11) is 0. The molecule has 0 saturated heterocycles. The average Bonchev–Trinajstić information content (AvgIpc) is 3.14. The van der Waals surface area contributed by atoms with Crippen molar-refractivity contribution in [3.05, 3.63) is 63.2 Å². The molecule has 5 heteroatoms. The predicted molar refractivity (Wildman–Crippen MR) is 74.2 cm³/mol. The van der Waals surface area contributed by atoms with Crippen LogP contribution in [0.25, 0.3) is 0 Å². The van der Waals surface area contributed by atoms with Crippen LogP contribution in [0.15, 0.2) is 0 Å². The van der Waals surface area contributed by atoms with Crippen molar-refractivity contribution in [2.45, 2.75) is 13.8 Å². The molecular weight excluding hydrogens is 357 g/mol. The number of rotatable bonds is 4. The molecule has 2 aliphatic carbocycles. The van der Waals surface area contributed by atoms with Gasteiger partial charge in [-0.15, -0.1) is 0 Å². The second-order valence-electron chi connectivity index (χ2n) is 3.79. The second-order valence-corrected chi connectivity index (χ2v) is 3.79. The van der Waals surface area contributed by atoms with Crippen LogP contribution in [-0.4, -0.2) is 25.2 Å². The monoisotopic (exact) mass is 376 g/mol. The fourth-order valence-electron chi connectivity index (χ4n) is 1.45. The Morgan fingerprint density at radius 2 is 1.05 bits per heavy atom. The van der Waals surface area contributed by atoms with Crippen molar-refractivity contribution in [3.63, 3.8) is 0 Å². The molecule has 0 spiro atoms. The summed E-state index contributed by atoms with van der Waals surface area (Å²) in [5.41, 5.74) is 0. The van der Waals surface area contributed by atoms with Crippen LogP contribution < -0.4 is 0 Å². The van der Waals surface area contributed by atoms with Gasteiger partial charge in [0.25, 0.3) is 0 Å². The first-order chi connectivity index (χ1) is 9.69. The van der Waals surface area contributed by atoms with Gasteiger partial charge in [0.1, 0.15) is 0 Å². The van der Waals surface area contributed by atoms with E-state index in [1.54, 1.807) is 39.5 Å². The van der Waals surface area contributed by atoms with E-state index in [9.17, 15) is 9.59 Å². The normalized spacial score (nSPS) is 18.4. The summed E-state index contributed by atoms with van der Waals surface area (Å²) in [5, 5.41) is 0. The van der Waals surface area contributed by atoms with Crippen molar-refractivity contribution < 1.29 is 38.5 Å². The molecule has 0 bridgehead atoms. The van der Waals surface area contributed by atoms with E-state index in [0.717, 1.165) is 0 Å². The minimum absolute atomic E-state index is 0. The SMILES string of the molecule is CCOC(=O)[C]1[CH][CH][CH][CH]1.CCOC(=O)[C]1[CH][CH][CH][CH]1.[Ru+2]. The van der Waals surface area contributed by atoms with Crippen molar-refractivity contribution in [1.82, 2.24) is 0 Å². The molecule has 0 atom stereocenters. The van der Waals surface area contributed by atoms with Crippen LogP contribution in [0.5, 0.6) is 0 Å². The summed E-state index contributed by atoms with van der Waals surface area (Å²) < 4.78 is 9.49. The van der Waals surface area contributed by atoms with E-state index in [-0.39, 0.29) is 31.4 Å². The smallest absolute Gasteiger partial charge is 0.466 e. The van der Waals surface area contributed by atoms with Gasteiger partial charge in [0, 0.05) is 0 Å². The maximum atomic E-state index is 10.9. The number of esters is 2. The number of carbonyl (C=O) groups excluding carboxylic acids is 2. The van der Waals surface area contributed by atoms with Crippen LogP contribution in [0.2, 0.25) is 0 Å². The molecule has 0 unspecified atom stereocenters. The number of carbonyl (C=O) groups is 2. The molecule has 2 aliphatic rings. The van der Waals surface area contributed by atoms with Gasteiger partial charge in [0.15, 0.2) is 0 Å². The largest absolute Gasteiger partial charge is 2.00 e. The Balaban J connectivity index is 0.000000364. The van der Waals surface area contributed by atoms with E-state index in [0.29, 0.717) is 25.0 Å². The van der Waals surface area contributed by atoms with Gasteiger partial charge in [-0.05, 0) is 65.2 Å². The van der Waals surface area contributed by atoms with Gasteiger partial charge in [0.05, 0.1) is 25.0 Å². The topological polar surface area (TPSA) is 52.6 Å². The third kappa shape index (κ3) is 7.94. The summed E-state index contributed by atoms with van der Waals surface area (Å²) in [6, 6.07) is 0. The Kier molecular flexibility index (Phi) is 11.9. The first-order valence-electron chi connectivity index (χ1n) is 6.46. The van der Waals surface area contributed by atoms with Crippen LogP contribution in [0.3, 0.4) is 0 Å². The summed E-state index contributed by atoms with van der Waals surface area (Å²) in [6.07, 6.45) is 14.2. The van der Waals surface area contributed by atoms with Gasteiger partial charge < -0.3 is 9.47 Å². The third-order valence-corrected chi connectivity index (χ3v) is 2.35. The standard InChI is InChI=1S/2C8H9O2.Ru/c2*1-2-10-8(9)7-5-3-4-6-7;/h2*3-6H,2H2,1H3;/q;;+2. The third-order valence-electron chi connectivity index (χ3n) is 2.35. The average molecular weight is 375 g/mol. The molecule has 2 rings (SSSR count).